The molecule has 0 fully saturated rings. The Morgan fingerprint density at radius 1 is 1.47 bits per heavy atom. The van der Waals surface area contributed by atoms with Crippen LogP contribution in [0.4, 0.5) is 0 Å². The molecule has 1 heterocycles. The Morgan fingerprint density at radius 2 is 2.12 bits per heavy atom. The maximum Gasteiger partial charge on any atom is 0.371 e. The van der Waals surface area contributed by atoms with E-state index in [2.05, 4.69) is 26.1 Å². The van der Waals surface area contributed by atoms with Crippen molar-refractivity contribution in [2.75, 3.05) is 6.54 Å². The average Bonchev–Trinajstić information content (AvgIpc) is 2.63. The first-order valence-corrected chi connectivity index (χ1v) is 5.86. The summed E-state index contributed by atoms with van der Waals surface area (Å²) >= 11 is 0. The third-order valence-electron chi connectivity index (χ3n) is 2.59. The van der Waals surface area contributed by atoms with Gasteiger partial charge in [-0.2, -0.15) is 0 Å². The molecule has 4 nitrogen and oxygen atoms in total. The van der Waals surface area contributed by atoms with Crippen molar-refractivity contribution in [1.29, 1.82) is 0 Å². The maximum absolute atomic E-state index is 10.7. The third-order valence-corrected chi connectivity index (χ3v) is 2.59. The smallest absolute Gasteiger partial charge is 0.371 e. The lowest BCUT2D eigenvalue weighted by Crippen LogP contribution is -2.23. The minimum absolute atomic E-state index is 0.00975. The van der Waals surface area contributed by atoms with Crippen LogP contribution in [0, 0.1) is 5.41 Å². The van der Waals surface area contributed by atoms with Crippen LogP contribution in [0.25, 0.3) is 0 Å². The van der Waals surface area contributed by atoms with Gasteiger partial charge >= 0.3 is 5.97 Å². The number of hydrogen-bond acceptors (Lipinski definition) is 3. The Hall–Kier alpha value is -1.29. The van der Waals surface area contributed by atoms with Crippen molar-refractivity contribution in [3.8, 4) is 0 Å². The summed E-state index contributed by atoms with van der Waals surface area (Å²) in [6.07, 6.45) is 1.06. The Labute approximate surface area is 102 Å². The van der Waals surface area contributed by atoms with Gasteiger partial charge in [-0.25, -0.2) is 4.79 Å². The van der Waals surface area contributed by atoms with Crippen molar-refractivity contribution in [2.24, 2.45) is 5.41 Å². The van der Waals surface area contributed by atoms with E-state index in [1.165, 1.54) is 6.07 Å². The topological polar surface area (TPSA) is 62.5 Å². The molecule has 0 saturated heterocycles. The van der Waals surface area contributed by atoms with Gasteiger partial charge in [-0.1, -0.05) is 20.8 Å². The summed E-state index contributed by atoms with van der Waals surface area (Å²) < 4.78 is 5.23. The van der Waals surface area contributed by atoms with Crippen LogP contribution < -0.4 is 5.32 Å². The molecule has 0 aliphatic rings. The van der Waals surface area contributed by atoms with E-state index in [1.54, 1.807) is 6.07 Å². The van der Waals surface area contributed by atoms with Gasteiger partial charge in [-0.15, -0.1) is 0 Å². The second-order valence-corrected chi connectivity index (χ2v) is 5.49. The molecule has 1 aromatic heterocycles. The third kappa shape index (κ3) is 4.61. The van der Waals surface area contributed by atoms with Crippen LogP contribution >= 0.6 is 0 Å². The lowest BCUT2D eigenvalue weighted by Gasteiger charge is -2.19. The lowest BCUT2D eigenvalue weighted by molar-refractivity contribution is 0.0659. The minimum atomic E-state index is -1.03. The highest BCUT2D eigenvalue weighted by atomic mass is 16.4. The number of rotatable bonds is 5. The van der Waals surface area contributed by atoms with Crippen LogP contribution in [0.5, 0.6) is 0 Å². The average molecular weight is 239 g/mol. The van der Waals surface area contributed by atoms with E-state index >= 15 is 0 Å². The summed E-state index contributed by atoms with van der Waals surface area (Å²) in [7, 11) is 0. The van der Waals surface area contributed by atoms with Crippen molar-refractivity contribution in [3.63, 3.8) is 0 Å². The summed E-state index contributed by atoms with van der Waals surface area (Å²) in [5.74, 6) is -0.376. The minimum Gasteiger partial charge on any atom is -0.475 e. The SMILES string of the molecule is CC(NCCC(C)(C)C)c1ccc(C(=O)O)o1. The van der Waals surface area contributed by atoms with Gasteiger partial charge in [0, 0.05) is 0 Å². The Bertz CT molecular complexity index is 376. The van der Waals surface area contributed by atoms with E-state index in [4.69, 9.17) is 9.52 Å². The number of carboxylic acids is 1. The largest absolute Gasteiger partial charge is 0.475 e. The first kappa shape index (κ1) is 13.8. The summed E-state index contributed by atoms with van der Waals surface area (Å²) in [6, 6.07) is 3.23. The van der Waals surface area contributed by atoms with Gasteiger partial charge in [0.1, 0.15) is 5.76 Å². The zero-order valence-electron chi connectivity index (χ0n) is 10.9. The van der Waals surface area contributed by atoms with Crippen molar-refractivity contribution in [2.45, 2.75) is 40.2 Å². The number of hydrogen-bond donors (Lipinski definition) is 2. The first-order chi connectivity index (χ1) is 7.79. The summed E-state index contributed by atoms with van der Waals surface area (Å²) in [5.41, 5.74) is 0.294. The van der Waals surface area contributed by atoms with Crippen LogP contribution in [0.3, 0.4) is 0 Å². The lowest BCUT2D eigenvalue weighted by atomic mass is 9.92. The molecule has 1 unspecified atom stereocenters. The molecular formula is C13H21NO3. The zero-order chi connectivity index (χ0) is 13.1. The Morgan fingerprint density at radius 3 is 2.59 bits per heavy atom. The van der Waals surface area contributed by atoms with E-state index in [1.807, 2.05) is 6.92 Å². The quantitative estimate of drug-likeness (QED) is 0.829. The fraction of sp³-hybridized carbons (Fsp3) is 0.615. The van der Waals surface area contributed by atoms with Gasteiger partial charge in [0.15, 0.2) is 0 Å². The number of furan rings is 1. The Kier molecular flexibility index (Phi) is 4.34. The normalized spacial score (nSPS) is 13.6. The van der Waals surface area contributed by atoms with Gasteiger partial charge in [0.2, 0.25) is 5.76 Å². The fourth-order valence-electron chi connectivity index (χ4n) is 1.46. The van der Waals surface area contributed by atoms with Crippen molar-refractivity contribution in [3.05, 3.63) is 23.7 Å². The maximum atomic E-state index is 10.7. The predicted molar refractivity (Wildman–Crippen MR) is 66.2 cm³/mol. The van der Waals surface area contributed by atoms with Gasteiger partial charge in [-0.3, -0.25) is 0 Å². The molecule has 1 rings (SSSR count). The number of carbonyl (C=O) groups is 1. The zero-order valence-corrected chi connectivity index (χ0v) is 10.9. The molecule has 0 aliphatic heterocycles. The molecule has 0 bridgehead atoms. The van der Waals surface area contributed by atoms with E-state index < -0.39 is 5.97 Å². The number of aromatic carboxylic acids is 1. The second-order valence-electron chi connectivity index (χ2n) is 5.49. The molecule has 96 valence electrons. The summed E-state index contributed by atoms with van der Waals surface area (Å²) in [4.78, 5) is 10.7. The van der Waals surface area contributed by atoms with Gasteiger partial charge in [0.05, 0.1) is 6.04 Å². The molecule has 17 heavy (non-hydrogen) atoms. The van der Waals surface area contributed by atoms with Crippen LogP contribution in [-0.4, -0.2) is 17.6 Å². The predicted octanol–water partition coefficient (Wildman–Crippen LogP) is 3.06. The number of nitrogens with one attached hydrogen (secondary N) is 1. The van der Waals surface area contributed by atoms with Gasteiger partial charge < -0.3 is 14.8 Å². The van der Waals surface area contributed by atoms with Crippen molar-refractivity contribution in [1.82, 2.24) is 5.32 Å². The van der Waals surface area contributed by atoms with Crippen LogP contribution in [0.2, 0.25) is 0 Å². The second kappa shape index (κ2) is 5.36. The molecule has 0 amide bonds. The van der Waals surface area contributed by atoms with E-state index in [9.17, 15) is 4.79 Å². The Balaban J connectivity index is 2.46. The van der Waals surface area contributed by atoms with E-state index in [-0.39, 0.29) is 11.8 Å². The molecule has 4 heteroatoms. The highest BCUT2D eigenvalue weighted by Crippen LogP contribution is 2.19. The van der Waals surface area contributed by atoms with E-state index in [0.29, 0.717) is 11.2 Å². The summed E-state index contributed by atoms with van der Waals surface area (Å²) in [6.45, 7) is 9.42. The van der Waals surface area contributed by atoms with Gasteiger partial charge in [-0.05, 0) is 37.4 Å². The molecule has 0 aromatic carbocycles. The van der Waals surface area contributed by atoms with E-state index in [0.717, 1.165) is 13.0 Å². The van der Waals surface area contributed by atoms with Crippen molar-refractivity contribution >= 4 is 5.97 Å². The van der Waals surface area contributed by atoms with Crippen LogP contribution in [-0.2, 0) is 0 Å². The number of carboxylic acid groups (broad SMARTS) is 1. The highest BCUT2D eigenvalue weighted by Gasteiger charge is 2.15. The van der Waals surface area contributed by atoms with Crippen LogP contribution in [0.15, 0.2) is 16.5 Å². The van der Waals surface area contributed by atoms with Crippen molar-refractivity contribution < 1.29 is 14.3 Å². The molecule has 0 saturated carbocycles. The molecule has 1 aromatic rings. The molecular weight excluding hydrogens is 218 g/mol. The first-order valence-electron chi connectivity index (χ1n) is 5.86. The molecule has 2 N–H and O–H groups in total. The van der Waals surface area contributed by atoms with Crippen LogP contribution in [0.1, 0.15) is 56.5 Å². The summed E-state index contributed by atoms with van der Waals surface area (Å²) in [5, 5.41) is 12.1. The molecule has 0 aliphatic carbocycles. The van der Waals surface area contributed by atoms with Gasteiger partial charge in [0.25, 0.3) is 0 Å². The fourth-order valence-corrected chi connectivity index (χ4v) is 1.46. The molecule has 1 atom stereocenters. The molecule has 0 spiro atoms. The monoisotopic (exact) mass is 239 g/mol. The molecule has 0 radical (unpaired) electrons. The standard InChI is InChI=1S/C13H21NO3/c1-9(14-8-7-13(2,3)4)10-5-6-11(17-10)12(15)16/h5-6,9,14H,7-8H2,1-4H3,(H,15,16). The highest BCUT2D eigenvalue weighted by molar-refractivity contribution is 5.84.